The number of ether oxygens (including phenoxy) is 1. The Bertz CT molecular complexity index is 648. The molecule has 1 N–H and O–H groups in total. The molecule has 1 fully saturated rings. The summed E-state index contributed by atoms with van der Waals surface area (Å²) in [5, 5.41) is 9.06. The first-order chi connectivity index (χ1) is 10.7. The second-order valence-electron chi connectivity index (χ2n) is 5.62. The fourth-order valence-electron chi connectivity index (χ4n) is 2.77. The van der Waals surface area contributed by atoms with Crippen LogP contribution < -0.4 is 4.74 Å². The van der Waals surface area contributed by atoms with Crippen LogP contribution in [0, 0.1) is 5.92 Å². The van der Waals surface area contributed by atoms with Gasteiger partial charge in [0.25, 0.3) is 0 Å². The maximum absolute atomic E-state index is 11.0. The summed E-state index contributed by atoms with van der Waals surface area (Å²) in [5.41, 5.74) is 1.14. The molecule has 116 valence electrons. The van der Waals surface area contributed by atoms with Gasteiger partial charge in [-0.1, -0.05) is 30.3 Å². The molecule has 1 aliphatic rings. The zero-order valence-electron chi connectivity index (χ0n) is 12.3. The van der Waals surface area contributed by atoms with Gasteiger partial charge in [0.15, 0.2) is 0 Å². The Morgan fingerprint density at radius 1 is 1.13 bits per heavy atom. The summed E-state index contributed by atoms with van der Waals surface area (Å²) < 4.78 is 5.83. The molecule has 1 heterocycles. The normalized spacial score (nSPS) is 17.5. The number of hydrogen-bond acceptors (Lipinski definition) is 3. The Labute approximate surface area is 158 Å². The van der Waals surface area contributed by atoms with E-state index in [4.69, 9.17) is 9.84 Å². The molecule has 0 aliphatic carbocycles. The summed E-state index contributed by atoms with van der Waals surface area (Å²) >= 11 is 0. The molecule has 0 aromatic heterocycles. The number of carbonyl (C=O) groups is 1. The molecule has 1 aliphatic heterocycles. The Balaban J connectivity index is 0.00000192. The topological polar surface area (TPSA) is 49.8 Å². The van der Waals surface area contributed by atoms with E-state index in [9.17, 15) is 4.79 Å². The van der Waals surface area contributed by atoms with Crippen molar-refractivity contribution in [2.24, 2.45) is 5.92 Å². The van der Waals surface area contributed by atoms with Crippen molar-refractivity contribution in [3.05, 3.63) is 60.2 Å². The predicted octanol–water partition coefficient (Wildman–Crippen LogP) is 2.74. The molecule has 0 saturated carbocycles. The minimum absolute atomic E-state index is 0. The molecule has 0 radical (unpaired) electrons. The van der Waals surface area contributed by atoms with Crippen molar-refractivity contribution in [3.8, 4) is 11.5 Å². The van der Waals surface area contributed by atoms with E-state index in [0.29, 0.717) is 6.54 Å². The Hall–Kier alpha value is -1.33. The van der Waals surface area contributed by atoms with Gasteiger partial charge in [-0.2, -0.15) is 0 Å². The quantitative estimate of drug-likeness (QED) is 0.860. The van der Waals surface area contributed by atoms with E-state index in [2.05, 4.69) is 4.90 Å². The fraction of sp³-hybridized carbons (Fsp3) is 0.278. The molecule has 0 amide bonds. The van der Waals surface area contributed by atoms with E-state index >= 15 is 0 Å². The van der Waals surface area contributed by atoms with Crippen LogP contribution >= 0.6 is 0 Å². The Kier molecular flexibility index (Phi) is 6.66. The number of likely N-dealkylation sites (tertiary alicyclic amines) is 1. The van der Waals surface area contributed by atoms with Crippen molar-refractivity contribution < 1.29 is 14.6 Å². The Morgan fingerprint density at radius 3 is 2.57 bits per heavy atom. The van der Waals surface area contributed by atoms with Gasteiger partial charge in [0.05, 0.1) is 5.92 Å². The van der Waals surface area contributed by atoms with Gasteiger partial charge in [-0.05, 0) is 42.8 Å². The molecular formula is C18H20NNaO3. The van der Waals surface area contributed by atoms with Crippen molar-refractivity contribution in [3.63, 3.8) is 0 Å². The molecular weight excluding hydrogens is 301 g/mol. The summed E-state index contributed by atoms with van der Waals surface area (Å²) in [6.45, 7) is 2.22. The van der Waals surface area contributed by atoms with Gasteiger partial charge in [-0.15, -0.1) is 0 Å². The summed E-state index contributed by atoms with van der Waals surface area (Å²) in [7, 11) is 0. The average Bonchev–Trinajstić information content (AvgIpc) is 2.97. The molecule has 1 saturated heterocycles. The van der Waals surface area contributed by atoms with E-state index in [1.54, 1.807) is 0 Å². The first-order valence-electron chi connectivity index (χ1n) is 7.48. The number of carboxylic acids is 1. The van der Waals surface area contributed by atoms with Gasteiger partial charge in [0.2, 0.25) is 0 Å². The Morgan fingerprint density at radius 2 is 1.87 bits per heavy atom. The van der Waals surface area contributed by atoms with Crippen LogP contribution in [-0.4, -0.2) is 58.6 Å². The molecule has 3 rings (SSSR count). The van der Waals surface area contributed by atoms with Crippen LogP contribution in [-0.2, 0) is 11.3 Å². The van der Waals surface area contributed by atoms with Crippen LogP contribution in [0.5, 0.6) is 11.5 Å². The number of nitrogens with zero attached hydrogens (tertiary/aromatic N) is 1. The first kappa shape index (κ1) is 18.0. The van der Waals surface area contributed by atoms with Crippen LogP contribution in [0.15, 0.2) is 54.6 Å². The zero-order valence-corrected chi connectivity index (χ0v) is 12.3. The van der Waals surface area contributed by atoms with E-state index in [1.165, 1.54) is 0 Å². The van der Waals surface area contributed by atoms with Crippen LogP contribution in [0.1, 0.15) is 12.0 Å². The maximum atomic E-state index is 11.0. The van der Waals surface area contributed by atoms with Gasteiger partial charge >= 0.3 is 35.5 Å². The van der Waals surface area contributed by atoms with Crippen LogP contribution in [0.3, 0.4) is 0 Å². The van der Waals surface area contributed by atoms with E-state index in [0.717, 1.165) is 36.6 Å². The van der Waals surface area contributed by atoms with Crippen LogP contribution in [0.4, 0.5) is 0 Å². The van der Waals surface area contributed by atoms with Crippen molar-refractivity contribution in [1.82, 2.24) is 4.90 Å². The third kappa shape index (κ3) is 5.08. The fourth-order valence-corrected chi connectivity index (χ4v) is 2.77. The summed E-state index contributed by atoms with van der Waals surface area (Å²) in [5.74, 6) is 0.692. The summed E-state index contributed by atoms with van der Waals surface area (Å²) in [6.07, 6.45) is 0.732. The number of para-hydroxylation sites is 1. The van der Waals surface area contributed by atoms with Crippen LogP contribution in [0.25, 0.3) is 0 Å². The van der Waals surface area contributed by atoms with Gasteiger partial charge in [-0.3, -0.25) is 9.69 Å². The third-order valence-corrected chi connectivity index (χ3v) is 3.91. The van der Waals surface area contributed by atoms with Gasteiger partial charge in [-0.25, -0.2) is 0 Å². The van der Waals surface area contributed by atoms with E-state index in [-0.39, 0.29) is 35.5 Å². The molecule has 1 atom stereocenters. The van der Waals surface area contributed by atoms with E-state index in [1.807, 2.05) is 54.6 Å². The van der Waals surface area contributed by atoms with Gasteiger partial charge < -0.3 is 9.84 Å². The molecule has 4 nitrogen and oxygen atoms in total. The van der Waals surface area contributed by atoms with Crippen LogP contribution in [0.2, 0.25) is 0 Å². The number of benzene rings is 2. The number of hydrogen-bond donors (Lipinski definition) is 1. The third-order valence-electron chi connectivity index (χ3n) is 3.91. The monoisotopic (exact) mass is 321 g/mol. The molecule has 2 aromatic carbocycles. The minimum atomic E-state index is -0.691. The van der Waals surface area contributed by atoms with E-state index < -0.39 is 5.97 Å². The van der Waals surface area contributed by atoms with Crippen molar-refractivity contribution >= 4 is 35.5 Å². The second kappa shape index (κ2) is 8.50. The average molecular weight is 321 g/mol. The van der Waals surface area contributed by atoms with Gasteiger partial charge in [0.1, 0.15) is 11.5 Å². The summed E-state index contributed by atoms with van der Waals surface area (Å²) in [4.78, 5) is 13.2. The van der Waals surface area contributed by atoms with Crippen molar-refractivity contribution in [2.45, 2.75) is 13.0 Å². The second-order valence-corrected chi connectivity index (χ2v) is 5.62. The first-order valence-corrected chi connectivity index (χ1v) is 7.48. The predicted molar refractivity (Wildman–Crippen MR) is 91.1 cm³/mol. The molecule has 1 unspecified atom stereocenters. The van der Waals surface area contributed by atoms with Gasteiger partial charge in [0, 0.05) is 13.1 Å². The number of carboxylic acid groups (broad SMARTS) is 1. The van der Waals surface area contributed by atoms with Crippen molar-refractivity contribution in [1.29, 1.82) is 0 Å². The van der Waals surface area contributed by atoms with Crippen molar-refractivity contribution in [2.75, 3.05) is 13.1 Å². The number of rotatable bonds is 5. The molecule has 0 bridgehead atoms. The zero-order chi connectivity index (χ0) is 15.4. The molecule has 23 heavy (non-hydrogen) atoms. The SMILES string of the molecule is O=C(O)C1CCN(Cc2cccc(Oc3ccccc3)c2)C1.[NaH]. The summed E-state index contributed by atoms with van der Waals surface area (Å²) in [6, 6.07) is 17.6. The molecule has 0 spiro atoms. The standard InChI is InChI=1S/C18H19NO3.Na.H/c20-18(21)15-9-10-19(13-15)12-14-5-4-8-17(11-14)22-16-6-2-1-3-7-16;;/h1-8,11,15H,9-10,12-13H2,(H,20,21);;. The molecule has 5 heteroatoms. The molecule has 2 aromatic rings. The number of aliphatic carboxylic acids is 1.